The van der Waals surface area contributed by atoms with Crippen LogP contribution in [0.5, 0.6) is 0 Å². The summed E-state index contributed by atoms with van der Waals surface area (Å²) in [5, 5.41) is 3.72. The Bertz CT molecular complexity index is 1000. The SMILES string of the molecule is O=C(O[C@H](C(=O)NC1CC1)c1ccccc1)c1cc(Cl)nc2ccccc12. The van der Waals surface area contributed by atoms with E-state index in [9.17, 15) is 9.59 Å². The molecule has 1 amide bonds. The first kappa shape index (κ1) is 17.5. The maximum absolute atomic E-state index is 12.9. The number of fused-ring (bicyclic) bond motifs is 1. The molecule has 1 saturated carbocycles. The summed E-state index contributed by atoms with van der Waals surface area (Å²) in [6, 6.07) is 17.8. The molecule has 2 aromatic carbocycles. The minimum atomic E-state index is -1.02. The fraction of sp³-hybridized carbons (Fsp3) is 0.190. The Kier molecular flexibility index (Phi) is 4.77. The first-order valence-electron chi connectivity index (χ1n) is 8.73. The molecule has 5 nitrogen and oxygen atoms in total. The highest BCUT2D eigenvalue weighted by molar-refractivity contribution is 6.30. The number of ether oxygens (including phenoxy) is 1. The van der Waals surface area contributed by atoms with Crippen molar-refractivity contribution < 1.29 is 14.3 Å². The largest absolute Gasteiger partial charge is 0.444 e. The number of rotatable bonds is 5. The van der Waals surface area contributed by atoms with Crippen molar-refractivity contribution in [2.24, 2.45) is 0 Å². The van der Waals surface area contributed by atoms with Crippen LogP contribution in [0.15, 0.2) is 60.7 Å². The molecule has 1 aliphatic carbocycles. The molecule has 3 aromatic rings. The number of hydrogen-bond acceptors (Lipinski definition) is 4. The van der Waals surface area contributed by atoms with Crippen molar-refractivity contribution in [3.8, 4) is 0 Å². The summed E-state index contributed by atoms with van der Waals surface area (Å²) in [4.78, 5) is 29.8. The van der Waals surface area contributed by atoms with E-state index < -0.39 is 12.1 Å². The van der Waals surface area contributed by atoms with Gasteiger partial charge in [-0.3, -0.25) is 4.79 Å². The summed E-state index contributed by atoms with van der Waals surface area (Å²) >= 11 is 6.06. The molecular formula is C21H17ClN2O3. The molecule has 1 N–H and O–H groups in total. The maximum atomic E-state index is 12.9. The third kappa shape index (κ3) is 3.93. The standard InChI is InChI=1S/C21H17ClN2O3/c22-18-12-16(15-8-4-5-9-17(15)24-18)21(26)27-19(13-6-2-1-3-7-13)20(25)23-14-10-11-14/h1-9,12,14,19H,10-11H2,(H,23,25)/t19-/m0/s1. The second-order valence-corrected chi connectivity index (χ2v) is 6.88. The molecule has 0 aliphatic heterocycles. The van der Waals surface area contributed by atoms with Gasteiger partial charge in [0, 0.05) is 17.0 Å². The number of esters is 1. The third-order valence-electron chi connectivity index (χ3n) is 4.39. The number of pyridine rings is 1. The lowest BCUT2D eigenvalue weighted by Gasteiger charge is -2.18. The molecule has 27 heavy (non-hydrogen) atoms. The van der Waals surface area contributed by atoms with E-state index in [4.69, 9.17) is 16.3 Å². The molecular weight excluding hydrogens is 364 g/mol. The molecule has 1 atom stereocenters. The number of nitrogens with zero attached hydrogens (tertiary/aromatic N) is 1. The van der Waals surface area contributed by atoms with Crippen LogP contribution in [0.1, 0.15) is 34.9 Å². The van der Waals surface area contributed by atoms with Gasteiger partial charge in [0.25, 0.3) is 5.91 Å². The van der Waals surface area contributed by atoms with Crippen molar-refractivity contribution in [1.29, 1.82) is 0 Å². The van der Waals surface area contributed by atoms with Gasteiger partial charge in [-0.1, -0.05) is 60.1 Å². The van der Waals surface area contributed by atoms with E-state index >= 15 is 0 Å². The predicted octanol–water partition coefficient (Wildman–Crippen LogP) is 4.06. The predicted molar refractivity (Wildman–Crippen MR) is 103 cm³/mol. The van der Waals surface area contributed by atoms with Crippen molar-refractivity contribution >= 4 is 34.4 Å². The molecule has 1 fully saturated rings. The first-order chi connectivity index (χ1) is 13.1. The summed E-state index contributed by atoms with van der Waals surface area (Å²) in [5.41, 5.74) is 1.50. The van der Waals surface area contributed by atoms with Gasteiger partial charge in [-0.2, -0.15) is 0 Å². The molecule has 0 bridgehead atoms. The highest BCUT2D eigenvalue weighted by atomic mass is 35.5. The van der Waals surface area contributed by atoms with Crippen LogP contribution in [-0.2, 0) is 9.53 Å². The van der Waals surface area contributed by atoms with E-state index in [1.54, 1.807) is 36.4 Å². The van der Waals surface area contributed by atoms with Gasteiger partial charge in [0.15, 0.2) is 0 Å². The second-order valence-electron chi connectivity index (χ2n) is 6.49. The topological polar surface area (TPSA) is 68.3 Å². The Morgan fingerprint density at radius 1 is 1.07 bits per heavy atom. The Hall–Kier alpha value is -2.92. The molecule has 1 heterocycles. The van der Waals surface area contributed by atoms with Crippen molar-refractivity contribution in [3.05, 3.63) is 76.9 Å². The lowest BCUT2D eigenvalue weighted by atomic mass is 10.1. The highest BCUT2D eigenvalue weighted by Gasteiger charge is 2.31. The van der Waals surface area contributed by atoms with Gasteiger partial charge in [-0.05, 0) is 25.0 Å². The normalized spacial score (nSPS) is 14.6. The van der Waals surface area contributed by atoms with Crippen molar-refractivity contribution in [3.63, 3.8) is 0 Å². The van der Waals surface area contributed by atoms with Gasteiger partial charge in [-0.15, -0.1) is 0 Å². The van der Waals surface area contributed by atoms with Crippen LogP contribution >= 0.6 is 11.6 Å². The van der Waals surface area contributed by atoms with E-state index in [0.29, 0.717) is 16.5 Å². The molecule has 0 spiro atoms. The van der Waals surface area contributed by atoms with Crippen LogP contribution in [0, 0.1) is 0 Å². The molecule has 0 saturated heterocycles. The van der Waals surface area contributed by atoms with Crippen molar-refractivity contribution in [1.82, 2.24) is 10.3 Å². The molecule has 0 radical (unpaired) electrons. The number of amides is 1. The van der Waals surface area contributed by atoms with Gasteiger partial charge < -0.3 is 10.1 Å². The van der Waals surface area contributed by atoms with E-state index in [0.717, 1.165) is 12.8 Å². The zero-order valence-corrected chi connectivity index (χ0v) is 15.1. The van der Waals surface area contributed by atoms with E-state index in [2.05, 4.69) is 10.3 Å². The van der Waals surface area contributed by atoms with Crippen molar-refractivity contribution in [2.45, 2.75) is 25.0 Å². The average Bonchev–Trinajstić information content (AvgIpc) is 3.49. The average molecular weight is 381 g/mol. The Balaban J connectivity index is 1.67. The van der Waals surface area contributed by atoms with Crippen LogP contribution in [0.3, 0.4) is 0 Å². The van der Waals surface area contributed by atoms with Gasteiger partial charge in [0.1, 0.15) is 5.15 Å². The van der Waals surface area contributed by atoms with Gasteiger partial charge in [-0.25, -0.2) is 9.78 Å². The fourth-order valence-electron chi connectivity index (χ4n) is 2.89. The Labute approximate surface area is 161 Å². The minimum Gasteiger partial charge on any atom is -0.444 e. The number of halogens is 1. The number of carbonyl (C=O) groups is 2. The molecule has 136 valence electrons. The van der Waals surface area contributed by atoms with Gasteiger partial charge in [0.05, 0.1) is 11.1 Å². The van der Waals surface area contributed by atoms with E-state index in [1.165, 1.54) is 6.07 Å². The minimum absolute atomic E-state index is 0.165. The first-order valence-corrected chi connectivity index (χ1v) is 9.11. The smallest absolute Gasteiger partial charge is 0.340 e. The molecule has 4 rings (SSSR count). The summed E-state index contributed by atoms with van der Waals surface area (Å²) in [7, 11) is 0. The molecule has 6 heteroatoms. The summed E-state index contributed by atoms with van der Waals surface area (Å²) in [6.45, 7) is 0. The van der Waals surface area contributed by atoms with Crippen LogP contribution in [0.4, 0.5) is 0 Å². The second kappa shape index (κ2) is 7.37. The fourth-order valence-corrected chi connectivity index (χ4v) is 3.09. The Morgan fingerprint density at radius 2 is 1.78 bits per heavy atom. The molecule has 0 unspecified atom stereocenters. The van der Waals surface area contributed by atoms with Crippen molar-refractivity contribution in [2.75, 3.05) is 0 Å². The summed E-state index contributed by atoms with van der Waals surface area (Å²) in [5.74, 6) is -0.934. The third-order valence-corrected chi connectivity index (χ3v) is 4.59. The zero-order valence-electron chi connectivity index (χ0n) is 14.4. The highest BCUT2D eigenvalue weighted by Crippen LogP contribution is 2.26. The number of para-hydroxylation sites is 1. The van der Waals surface area contributed by atoms with Gasteiger partial charge in [0.2, 0.25) is 6.10 Å². The monoisotopic (exact) mass is 380 g/mol. The molecule has 1 aliphatic rings. The number of aromatic nitrogens is 1. The summed E-state index contributed by atoms with van der Waals surface area (Å²) < 4.78 is 5.64. The van der Waals surface area contributed by atoms with Crippen LogP contribution in [-0.4, -0.2) is 22.9 Å². The lowest BCUT2D eigenvalue weighted by Crippen LogP contribution is -2.33. The number of hydrogen-bond donors (Lipinski definition) is 1. The summed E-state index contributed by atoms with van der Waals surface area (Å²) in [6.07, 6.45) is 0.877. The van der Waals surface area contributed by atoms with E-state index in [-0.39, 0.29) is 22.7 Å². The van der Waals surface area contributed by atoms with Crippen LogP contribution < -0.4 is 5.32 Å². The number of benzene rings is 2. The van der Waals surface area contributed by atoms with Gasteiger partial charge >= 0.3 is 5.97 Å². The quantitative estimate of drug-likeness (QED) is 0.535. The molecule has 1 aromatic heterocycles. The maximum Gasteiger partial charge on any atom is 0.340 e. The number of carbonyl (C=O) groups excluding carboxylic acids is 2. The number of nitrogens with one attached hydrogen (secondary N) is 1. The lowest BCUT2D eigenvalue weighted by molar-refractivity contribution is -0.130. The zero-order chi connectivity index (χ0) is 18.8. The van der Waals surface area contributed by atoms with Crippen LogP contribution in [0.2, 0.25) is 5.15 Å². The Morgan fingerprint density at radius 3 is 2.52 bits per heavy atom. The van der Waals surface area contributed by atoms with E-state index in [1.807, 2.05) is 18.2 Å². The van der Waals surface area contributed by atoms with Crippen LogP contribution in [0.25, 0.3) is 10.9 Å².